The van der Waals surface area contributed by atoms with Gasteiger partial charge in [-0.05, 0) is 41.4 Å². The van der Waals surface area contributed by atoms with E-state index in [1.165, 1.54) is 0 Å². The quantitative estimate of drug-likeness (QED) is 0.891. The minimum Gasteiger partial charge on any atom is -0.369 e. The summed E-state index contributed by atoms with van der Waals surface area (Å²) >= 11 is 3.27. The van der Waals surface area contributed by atoms with Crippen molar-refractivity contribution >= 4 is 27.7 Å². The highest BCUT2D eigenvalue weighted by molar-refractivity contribution is 9.10. The van der Waals surface area contributed by atoms with Gasteiger partial charge in [0.2, 0.25) is 5.91 Å². The molecule has 0 spiro atoms. The van der Waals surface area contributed by atoms with Gasteiger partial charge in [-0.2, -0.15) is 0 Å². The van der Waals surface area contributed by atoms with Crippen molar-refractivity contribution in [1.82, 2.24) is 9.88 Å². The molecule has 1 aliphatic heterocycles. The third kappa shape index (κ3) is 2.38. The largest absolute Gasteiger partial charge is 0.369 e. The Balaban J connectivity index is 2.12. The van der Waals surface area contributed by atoms with Crippen molar-refractivity contribution < 1.29 is 9.59 Å². The summed E-state index contributed by atoms with van der Waals surface area (Å²) in [6.45, 7) is 2.69. The zero-order valence-electron chi connectivity index (χ0n) is 10.0. The monoisotopic (exact) mass is 311 g/mol. The second-order valence-electron chi connectivity index (χ2n) is 4.76. The average molecular weight is 312 g/mol. The zero-order valence-corrected chi connectivity index (χ0v) is 11.6. The van der Waals surface area contributed by atoms with E-state index < -0.39 is 5.41 Å². The van der Waals surface area contributed by atoms with Crippen LogP contribution in [0.3, 0.4) is 0 Å². The molecule has 0 bridgehead atoms. The lowest BCUT2D eigenvalue weighted by molar-refractivity contribution is -0.126. The fourth-order valence-corrected chi connectivity index (χ4v) is 2.23. The van der Waals surface area contributed by atoms with Crippen molar-refractivity contribution in [2.45, 2.75) is 13.3 Å². The van der Waals surface area contributed by atoms with Gasteiger partial charge in [-0.1, -0.05) is 0 Å². The minimum atomic E-state index is -0.620. The number of amides is 2. The van der Waals surface area contributed by atoms with Crippen LogP contribution in [0.4, 0.5) is 0 Å². The van der Waals surface area contributed by atoms with Crippen LogP contribution in [0.25, 0.3) is 0 Å². The summed E-state index contributed by atoms with van der Waals surface area (Å²) in [6.07, 6.45) is 2.18. The SMILES string of the molecule is CC1(C(N)=O)CCN(C(=O)c2ccc(Br)cn2)C1. The van der Waals surface area contributed by atoms with Crippen LogP contribution >= 0.6 is 15.9 Å². The third-order valence-electron chi connectivity index (χ3n) is 3.30. The summed E-state index contributed by atoms with van der Waals surface area (Å²) in [7, 11) is 0. The first kappa shape index (κ1) is 13.0. The van der Waals surface area contributed by atoms with Crippen LogP contribution < -0.4 is 5.73 Å². The first-order valence-electron chi connectivity index (χ1n) is 5.63. The second-order valence-corrected chi connectivity index (χ2v) is 5.68. The molecular formula is C12H14BrN3O2. The fourth-order valence-electron chi connectivity index (χ4n) is 2.00. The Hall–Kier alpha value is -1.43. The molecule has 2 N–H and O–H groups in total. The molecule has 1 aromatic rings. The molecule has 5 nitrogen and oxygen atoms in total. The number of rotatable bonds is 2. The maximum Gasteiger partial charge on any atom is 0.272 e. The van der Waals surface area contributed by atoms with Crippen molar-refractivity contribution in [2.24, 2.45) is 11.1 Å². The van der Waals surface area contributed by atoms with E-state index in [0.29, 0.717) is 25.2 Å². The molecule has 2 amide bonds. The highest BCUT2D eigenvalue weighted by Crippen LogP contribution is 2.30. The molecule has 1 aliphatic rings. The Kier molecular flexibility index (Phi) is 3.38. The van der Waals surface area contributed by atoms with E-state index >= 15 is 0 Å². The van der Waals surface area contributed by atoms with Crippen molar-refractivity contribution in [2.75, 3.05) is 13.1 Å². The Bertz CT molecular complexity index is 489. The molecule has 2 rings (SSSR count). The maximum absolute atomic E-state index is 12.2. The Morgan fingerprint density at radius 1 is 1.50 bits per heavy atom. The van der Waals surface area contributed by atoms with Crippen molar-refractivity contribution in [3.05, 3.63) is 28.5 Å². The van der Waals surface area contributed by atoms with Crippen LogP contribution in [0.2, 0.25) is 0 Å². The molecule has 1 fully saturated rings. The Morgan fingerprint density at radius 3 is 2.72 bits per heavy atom. The van der Waals surface area contributed by atoms with Gasteiger partial charge in [0.25, 0.3) is 5.91 Å². The molecular weight excluding hydrogens is 298 g/mol. The van der Waals surface area contributed by atoms with Gasteiger partial charge < -0.3 is 10.6 Å². The summed E-state index contributed by atoms with van der Waals surface area (Å²) in [5.41, 5.74) is 5.12. The van der Waals surface area contributed by atoms with E-state index in [0.717, 1.165) is 4.47 Å². The van der Waals surface area contributed by atoms with E-state index in [4.69, 9.17) is 5.73 Å². The lowest BCUT2D eigenvalue weighted by Gasteiger charge is -2.20. The highest BCUT2D eigenvalue weighted by atomic mass is 79.9. The van der Waals surface area contributed by atoms with Crippen LogP contribution in [-0.2, 0) is 4.79 Å². The molecule has 0 radical (unpaired) electrons. The number of nitrogens with two attached hydrogens (primary N) is 1. The molecule has 1 atom stereocenters. The lowest BCUT2D eigenvalue weighted by atomic mass is 9.89. The number of likely N-dealkylation sites (tertiary alicyclic amines) is 1. The summed E-state index contributed by atoms with van der Waals surface area (Å²) in [4.78, 5) is 29.2. The van der Waals surface area contributed by atoms with Crippen LogP contribution in [0.1, 0.15) is 23.8 Å². The van der Waals surface area contributed by atoms with E-state index in [-0.39, 0.29) is 11.8 Å². The summed E-state index contributed by atoms with van der Waals surface area (Å²) in [5, 5.41) is 0. The number of pyridine rings is 1. The van der Waals surface area contributed by atoms with Crippen molar-refractivity contribution in [3.63, 3.8) is 0 Å². The van der Waals surface area contributed by atoms with E-state index in [2.05, 4.69) is 20.9 Å². The number of carbonyl (C=O) groups is 2. The van der Waals surface area contributed by atoms with Gasteiger partial charge in [-0.15, -0.1) is 0 Å². The van der Waals surface area contributed by atoms with E-state index in [9.17, 15) is 9.59 Å². The maximum atomic E-state index is 12.2. The van der Waals surface area contributed by atoms with E-state index in [1.54, 1.807) is 30.2 Å². The lowest BCUT2D eigenvalue weighted by Crippen LogP contribution is -2.38. The number of aromatic nitrogens is 1. The van der Waals surface area contributed by atoms with Crippen molar-refractivity contribution in [3.8, 4) is 0 Å². The number of primary amides is 1. The molecule has 1 aromatic heterocycles. The predicted molar refractivity (Wildman–Crippen MR) is 69.8 cm³/mol. The molecule has 96 valence electrons. The predicted octanol–water partition coefficient (Wildman–Crippen LogP) is 1.18. The standard InChI is InChI=1S/C12H14BrN3O2/c1-12(11(14)18)4-5-16(7-12)10(17)9-3-2-8(13)6-15-9/h2-3,6H,4-5,7H2,1H3,(H2,14,18). The summed E-state index contributed by atoms with van der Waals surface area (Å²) in [6, 6.07) is 3.43. The van der Waals surface area contributed by atoms with Gasteiger partial charge in [0, 0.05) is 23.8 Å². The molecule has 18 heavy (non-hydrogen) atoms. The molecule has 0 aliphatic carbocycles. The Morgan fingerprint density at radius 2 is 2.22 bits per heavy atom. The number of hydrogen-bond donors (Lipinski definition) is 1. The number of carbonyl (C=O) groups excluding carboxylic acids is 2. The number of nitrogens with zero attached hydrogens (tertiary/aromatic N) is 2. The summed E-state index contributed by atoms with van der Waals surface area (Å²) < 4.78 is 0.822. The van der Waals surface area contributed by atoms with Gasteiger partial charge in [0.1, 0.15) is 5.69 Å². The van der Waals surface area contributed by atoms with Crippen LogP contribution in [0, 0.1) is 5.41 Å². The smallest absolute Gasteiger partial charge is 0.272 e. The van der Waals surface area contributed by atoms with E-state index in [1.807, 2.05) is 0 Å². The Labute approximate surface area is 113 Å². The highest BCUT2D eigenvalue weighted by Gasteiger charge is 2.40. The van der Waals surface area contributed by atoms with Crippen LogP contribution in [-0.4, -0.2) is 34.8 Å². The topological polar surface area (TPSA) is 76.3 Å². The molecule has 2 heterocycles. The van der Waals surface area contributed by atoms with Gasteiger partial charge in [-0.25, -0.2) is 4.98 Å². The third-order valence-corrected chi connectivity index (χ3v) is 3.77. The first-order chi connectivity index (χ1) is 8.42. The van der Waals surface area contributed by atoms with Crippen LogP contribution in [0.15, 0.2) is 22.8 Å². The first-order valence-corrected chi connectivity index (χ1v) is 6.42. The molecule has 0 aromatic carbocycles. The molecule has 0 saturated carbocycles. The number of halogens is 1. The second kappa shape index (κ2) is 4.68. The number of hydrogen-bond acceptors (Lipinski definition) is 3. The van der Waals surface area contributed by atoms with Gasteiger partial charge in [0.15, 0.2) is 0 Å². The fraction of sp³-hybridized carbons (Fsp3) is 0.417. The molecule has 1 unspecified atom stereocenters. The minimum absolute atomic E-state index is 0.160. The van der Waals surface area contributed by atoms with Crippen LogP contribution in [0.5, 0.6) is 0 Å². The van der Waals surface area contributed by atoms with Gasteiger partial charge in [0.05, 0.1) is 5.41 Å². The van der Waals surface area contributed by atoms with Gasteiger partial charge >= 0.3 is 0 Å². The van der Waals surface area contributed by atoms with Crippen molar-refractivity contribution in [1.29, 1.82) is 0 Å². The average Bonchev–Trinajstić information content (AvgIpc) is 2.73. The molecule has 1 saturated heterocycles. The molecule has 6 heteroatoms. The zero-order chi connectivity index (χ0) is 13.3. The van der Waals surface area contributed by atoms with Gasteiger partial charge in [-0.3, -0.25) is 9.59 Å². The summed E-state index contributed by atoms with van der Waals surface area (Å²) in [5.74, 6) is -0.519. The normalized spacial score (nSPS) is 23.1.